The van der Waals surface area contributed by atoms with Gasteiger partial charge in [0.15, 0.2) is 0 Å². The maximum atomic E-state index is 8.00. The number of nitrogens with zero attached hydrogens (tertiary/aromatic N) is 3. The summed E-state index contributed by atoms with van der Waals surface area (Å²) in [5.41, 5.74) is 0. The predicted molar refractivity (Wildman–Crippen MR) is 27.5 cm³/mol. The fraction of sp³-hybridized carbons (Fsp3) is 0. The molecular formula is CrN3O6. The van der Waals surface area contributed by atoms with Gasteiger partial charge in [-0.1, -0.05) is 0 Å². The molecule has 57 valence electrons. The first-order valence-corrected chi connectivity index (χ1v) is 1.10. The predicted octanol–water partition coefficient (Wildman–Crippen LogP) is 0.749. The van der Waals surface area contributed by atoms with Crippen molar-refractivity contribution in [2.24, 2.45) is 16.0 Å². The Morgan fingerprint density at radius 1 is 0.700 bits per heavy atom. The molecule has 0 aliphatic carbocycles. The Hall–Kier alpha value is -1.27. The van der Waals surface area contributed by atoms with Gasteiger partial charge in [0.05, 0.1) is 0 Å². The molecule has 0 amide bonds. The van der Waals surface area contributed by atoms with Gasteiger partial charge in [0.1, 0.15) is 0 Å². The fourth-order valence-corrected chi connectivity index (χ4v) is 0. The van der Waals surface area contributed by atoms with Gasteiger partial charge in [-0.05, 0) is 0 Å². The van der Waals surface area contributed by atoms with Gasteiger partial charge >= 0.3 is 17.4 Å². The van der Waals surface area contributed by atoms with Crippen LogP contribution in [0, 0.1) is 30.3 Å². The first-order chi connectivity index (χ1) is 4.24. The number of hydrogen-bond acceptors (Lipinski definition) is 9. The monoisotopic (exact) mass is 190 g/mol. The van der Waals surface area contributed by atoms with E-state index in [0.717, 1.165) is 16.0 Å². The first kappa shape index (κ1) is 23.3. The van der Waals surface area contributed by atoms with Crippen molar-refractivity contribution in [3.63, 3.8) is 0 Å². The third-order valence-corrected chi connectivity index (χ3v) is 0. The quantitative estimate of drug-likeness (QED) is 0.404. The average Bonchev–Trinajstić information content (AvgIpc) is 1.70. The van der Waals surface area contributed by atoms with Crippen molar-refractivity contribution in [3.8, 4) is 0 Å². The van der Waals surface area contributed by atoms with Crippen LogP contribution in [0.25, 0.3) is 0 Å². The van der Waals surface area contributed by atoms with Gasteiger partial charge in [-0.25, -0.2) is 0 Å². The van der Waals surface area contributed by atoms with E-state index in [1.807, 2.05) is 0 Å². The van der Waals surface area contributed by atoms with E-state index in [1.54, 1.807) is 0 Å². The van der Waals surface area contributed by atoms with Crippen LogP contribution in [-0.4, -0.2) is 0 Å². The van der Waals surface area contributed by atoms with Crippen LogP contribution in [-0.2, 0) is 17.4 Å². The number of rotatable bonds is 0. The van der Waals surface area contributed by atoms with Crippen molar-refractivity contribution in [3.05, 3.63) is 30.3 Å². The third kappa shape index (κ3) is 138. The third-order valence-electron chi connectivity index (χ3n) is 0. The van der Waals surface area contributed by atoms with Gasteiger partial charge in [-0.3, -0.25) is 0 Å². The van der Waals surface area contributed by atoms with Crippen molar-refractivity contribution in [2.45, 2.75) is 0 Å². The molecule has 0 heterocycles. The molecule has 10 heteroatoms. The van der Waals surface area contributed by atoms with Crippen LogP contribution in [0.1, 0.15) is 0 Å². The van der Waals surface area contributed by atoms with E-state index in [9.17, 15) is 0 Å². The maximum absolute atomic E-state index is 8.00. The molecule has 0 aromatic carbocycles. The Morgan fingerprint density at radius 2 is 0.700 bits per heavy atom. The summed E-state index contributed by atoms with van der Waals surface area (Å²) in [6, 6.07) is 0. The van der Waals surface area contributed by atoms with Crippen LogP contribution in [0.4, 0.5) is 0 Å². The molecule has 9 nitrogen and oxygen atoms in total. The molecule has 0 saturated carbocycles. The molecule has 0 atom stereocenters. The van der Waals surface area contributed by atoms with Gasteiger partial charge < -0.3 is 30.3 Å². The molecule has 0 N–H and O–H groups in total. The van der Waals surface area contributed by atoms with Gasteiger partial charge in [-0.2, -0.15) is 0 Å². The van der Waals surface area contributed by atoms with E-state index in [1.165, 1.54) is 0 Å². The van der Waals surface area contributed by atoms with Crippen LogP contribution in [0.2, 0.25) is 0 Å². The van der Waals surface area contributed by atoms with Crippen LogP contribution in [0.15, 0.2) is 16.0 Å². The fourth-order valence-electron chi connectivity index (χ4n) is 0. The Kier molecular flexibility index (Phi) is 272. The minimum Gasteiger partial charge on any atom is -0.444 e. The molecule has 0 fully saturated rings. The van der Waals surface area contributed by atoms with E-state index in [0.29, 0.717) is 0 Å². The summed E-state index contributed by atoms with van der Waals surface area (Å²) < 4.78 is 0. The molecule has 0 aliphatic rings. The van der Waals surface area contributed by atoms with Crippen molar-refractivity contribution in [2.75, 3.05) is 0 Å². The number of hydrogen-bond donors (Lipinski definition) is 0. The van der Waals surface area contributed by atoms with Crippen LogP contribution in [0.3, 0.4) is 0 Å². The Balaban J connectivity index is -0.0000000257. The zero-order valence-corrected chi connectivity index (χ0v) is 5.47. The Labute approximate surface area is 64.6 Å². The van der Waals surface area contributed by atoms with Crippen molar-refractivity contribution >= 4 is 0 Å². The van der Waals surface area contributed by atoms with Crippen LogP contribution in [0.5, 0.6) is 0 Å². The van der Waals surface area contributed by atoms with Crippen molar-refractivity contribution in [1.82, 2.24) is 0 Å². The van der Waals surface area contributed by atoms with Crippen molar-refractivity contribution in [1.29, 1.82) is 0 Å². The standard InChI is InChI=1S/Cr.3HNO2/c;3*2-1-3/h;3*(H,2,3)/q+3;;;/p-3. The summed E-state index contributed by atoms with van der Waals surface area (Å²) >= 11 is 0. The second kappa shape index (κ2) is 117. The smallest absolute Gasteiger partial charge is 0.444 e. The Bertz CT molecular complexity index is 49.7. The topological polar surface area (TPSA) is 157 Å². The molecule has 10 heavy (non-hydrogen) atoms. The second-order valence-electron chi connectivity index (χ2n) is 0.224. The molecule has 0 aliphatic heterocycles. The molecule has 1 radical (unpaired) electrons. The summed E-state index contributed by atoms with van der Waals surface area (Å²) in [4.78, 5) is 24.0. The van der Waals surface area contributed by atoms with E-state index in [4.69, 9.17) is 30.3 Å². The van der Waals surface area contributed by atoms with Crippen LogP contribution >= 0.6 is 0 Å². The van der Waals surface area contributed by atoms with E-state index < -0.39 is 0 Å². The van der Waals surface area contributed by atoms with E-state index in [-0.39, 0.29) is 17.4 Å². The van der Waals surface area contributed by atoms with Gasteiger partial charge in [0.25, 0.3) is 0 Å². The van der Waals surface area contributed by atoms with E-state index in [2.05, 4.69) is 0 Å². The molecular weight excluding hydrogens is 190 g/mol. The van der Waals surface area contributed by atoms with E-state index >= 15 is 0 Å². The molecule has 0 saturated heterocycles. The summed E-state index contributed by atoms with van der Waals surface area (Å²) in [5, 5.41) is 27.0. The average molecular weight is 190 g/mol. The largest absolute Gasteiger partial charge is 3.00 e. The molecule has 0 rings (SSSR count). The first-order valence-electron chi connectivity index (χ1n) is 1.10. The summed E-state index contributed by atoms with van der Waals surface area (Å²) in [6.07, 6.45) is 0. The molecule has 0 aromatic rings. The SMILES string of the molecule is O=N[O-].O=N[O-].O=N[O-].[Cr+3]. The summed E-state index contributed by atoms with van der Waals surface area (Å²) in [6.45, 7) is 0. The Morgan fingerprint density at radius 3 is 0.700 bits per heavy atom. The molecule has 0 aromatic heterocycles. The zero-order chi connectivity index (χ0) is 8.12. The maximum Gasteiger partial charge on any atom is 3.00 e. The molecule has 0 bridgehead atoms. The summed E-state index contributed by atoms with van der Waals surface area (Å²) in [7, 11) is 0. The van der Waals surface area contributed by atoms with Gasteiger partial charge in [0, 0.05) is 0 Å². The minimum atomic E-state index is 0. The van der Waals surface area contributed by atoms with Gasteiger partial charge in [0.2, 0.25) is 0 Å². The molecule has 0 unspecified atom stereocenters. The van der Waals surface area contributed by atoms with Crippen molar-refractivity contribution < 1.29 is 17.4 Å². The molecule has 0 spiro atoms. The van der Waals surface area contributed by atoms with Gasteiger partial charge in [-0.15, -0.1) is 16.0 Å². The zero-order valence-electron chi connectivity index (χ0n) is 4.20. The normalized spacial score (nSPS) is 3.60. The minimum absolute atomic E-state index is 0. The summed E-state index contributed by atoms with van der Waals surface area (Å²) in [5.74, 6) is 0. The van der Waals surface area contributed by atoms with Crippen LogP contribution < -0.4 is 0 Å². The second-order valence-corrected chi connectivity index (χ2v) is 0.224.